The SMILES string of the molecule is COc1c(C(=O)O)ccc2cc(Br)oc12. The van der Waals surface area contributed by atoms with Gasteiger partial charge in [-0.05, 0) is 34.1 Å². The fourth-order valence-corrected chi connectivity index (χ4v) is 1.83. The van der Waals surface area contributed by atoms with E-state index in [1.165, 1.54) is 13.2 Å². The van der Waals surface area contributed by atoms with Gasteiger partial charge in [0.15, 0.2) is 16.0 Å². The smallest absolute Gasteiger partial charge is 0.339 e. The minimum absolute atomic E-state index is 0.0897. The molecular weight excluding hydrogens is 264 g/mol. The van der Waals surface area contributed by atoms with E-state index in [9.17, 15) is 4.79 Å². The predicted octanol–water partition coefficient (Wildman–Crippen LogP) is 2.90. The van der Waals surface area contributed by atoms with Gasteiger partial charge in [0.1, 0.15) is 5.56 Å². The quantitative estimate of drug-likeness (QED) is 0.912. The number of hydrogen-bond acceptors (Lipinski definition) is 3. The molecule has 0 bridgehead atoms. The molecule has 2 rings (SSSR count). The maximum Gasteiger partial charge on any atom is 0.339 e. The molecular formula is C10H7BrO4. The summed E-state index contributed by atoms with van der Waals surface area (Å²) in [4.78, 5) is 10.9. The van der Waals surface area contributed by atoms with Crippen molar-refractivity contribution in [1.82, 2.24) is 0 Å². The van der Waals surface area contributed by atoms with Gasteiger partial charge in [0, 0.05) is 5.39 Å². The molecule has 0 saturated carbocycles. The average molecular weight is 271 g/mol. The third kappa shape index (κ3) is 1.59. The number of aromatic carboxylic acids is 1. The van der Waals surface area contributed by atoms with Crippen LogP contribution in [-0.2, 0) is 0 Å². The number of benzene rings is 1. The summed E-state index contributed by atoms with van der Waals surface area (Å²) < 4.78 is 10.9. The number of carboxylic acid groups (broad SMARTS) is 1. The number of methoxy groups -OCH3 is 1. The highest BCUT2D eigenvalue weighted by Crippen LogP contribution is 2.33. The zero-order chi connectivity index (χ0) is 11.0. The number of ether oxygens (including phenoxy) is 1. The summed E-state index contributed by atoms with van der Waals surface area (Å²) in [5.41, 5.74) is 0.524. The topological polar surface area (TPSA) is 59.7 Å². The molecule has 0 amide bonds. The summed E-state index contributed by atoms with van der Waals surface area (Å²) in [5, 5.41) is 9.72. The number of halogens is 1. The van der Waals surface area contributed by atoms with Gasteiger partial charge in [-0.1, -0.05) is 0 Å². The van der Waals surface area contributed by atoms with Crippen LogP contribution in [-0.4, -0.2) is 18.2 Å². The molecule has 0 spiro atoms. The minimum atomic E-state index is -1.04. The number of carboxylic acids is 1. The maximum absolute atomic E-state index is 10.9. The van der Waals surface area contributed by atoms with Gasteiger partial charge in [-0.25, -0.2) is 4.79 Å². The first-order valence-corrected chi connectivity index (χ1v) is 4.92. The molecule has 0 aliphatic heterocycles. The highest BCUT2D eigenvalue weighted by molar-refractivity contribution is 9.10. The Morgan fingerprint density at radius 1 is 1.53 bits per heavy atom. The summed E-state index contributed by atoms with van der Waals surface area (Å²) in [5.74, 6) is -0.799. The summed E-state index contributed by atoms with van der Waals surface area (Å²) in [6, 6.07) is 4.92. The summed E-state index contributed by atoms with van der Waals surface area (Å²) in [7, 11) is 1.41. The van der Waals surface area contributed by atoms with Crippen molar-refractivity contribution in [3.8, 4) is 5.75 Å². The molecule has 1 N–H and O–H groups in total. The number of furan rings is 1. The van der Waals surface area contributed by atoms with Gasteiger partial charge in [-0.15, -0.1) is 0 Å². The van der Waals surface area contributed by atoms with E-state index in [2.05, 4.69) is 15.9 Å². The third-order valence-electron chi connectivity index (χ3n) is 2.05. The molecule has 0 unspecified atom stereocenters. The molecule has 4 nitrogen and oxygen atoms in total. The largest absolute Gasteiger partial charge is 0.492 e. The predicted molar refractivity (Wildman–Crippen MR) is 57.4 cm³/mol. The summed E-state index contributed by atoms with van der Waals surface area (Å²) in [6.07, 6.45) is 0. The van der Waals surface area contributed by atoms with Crippen molar-refractivity contribution in [1.29, 1.82) is 0 Å². The molecule has 78 valence electrons. The third-order valence-corrected chi connectivity index (χ3v) is 2.44. The zero-order valence-electron chi connectivity index (χ0n) is 7.78. The van der Waals surface area contributed by atoms with Crippen molar-refractivity contribution in [2.24, 2.45) is 0 Å². The number of fused-ring (bicyclic) bond motifs is 1. The molecule has 0 radical (unpaired) electrons. The number of rotatable bonds is 2. The van der Waals surface area contributed by atoms with E-state index >= 15 is 0 Å². The van der Waals surface area contributed by atoms with Gasteiger partial charge >= 0.3 is 5.97 Å². The van der Waals surface area contributed by atoms with Gasteiger partial charge in [-0.3, -0.25) is 0 Å². The van der Waals surface area contributed by atoms with Crippen molar-refractivity contribution in [3.63, 3.8) is 0 Å². The van der Waals surface area contributed by atoms with Gasteiger partial charge in [0.25, 0.3) is 0 Å². The van der Waals surface area contributed by atoms with Crippen LogP contribution in [0.1, 0.15) is 10.4 Å². The van der Waals surface area contributed by atoms with Gasteiger partial charge < -0.3 is 14.3 Å². The van der Waals surface area contributed by atoms with E-state index in [0.29, 0.717) is 10.3 Å². The second kappa shape index (κ2) is 3.58. The van der Waals surface area contributed by atoms with Crippen LogP contribution in [0.5, 0.6) is 5.75 Å². The van der Waals surface area contributed by atoms with Crippen molar-refractivity contribution in [2.75, 3.05) is 7.11 Å². The Balaban J connectivity index is 2.80. The number of carbonyl (C=O) groups is 1. The van der Waals surface area contributed by atoms with Crippen LogP contribution in [0, 0.1) is 0 Å². The molecule has 0 fully saturated rings. The lowest BCUT2D eigenvalue weighted by molar-refractivity contribution is 0.0693. The van der Waals surface area contributed by atoms with Crippen LogP contribution in [0.2, 0.25) is 0 Å². The van der Waals surface area contributed by atoms with Crippen LogP contribution in [0.4, 0.5) is 0 Å². The Kier molecular flexibility index (Phi) is 2.40. The van der Waals surface area contributed by atoms with Gasteiger partial charge in [0.05, 0.1) is 7.11 Å². The summed E-state index contributed by atoms with van der Waals surface area (Å²) >= 11 is 3.18. The Morgan fingerprint density at radius 2 is 2.27 bits per heavy atom. The van der Waals surface area contributed by atoms with E-state index in [4.69, 9.17) is 14.3 Å². The fourth-order valence-electron chi connectivity index (χ4n) is 1.42. The van der Waals surface area contributed by atoms with Crippen LogP contribution < -0.4 is 4.74 Å². The van der Waals surface area contributed by atoms with E-state index in [-0.39, 0.29) is 11.3 Å². The fraction of sp³-hybridized carbons (Fsp3) is 0.100. The van der Waals surface area contributed by atoms with Crippen molar-refractivity contribution < 1.29 is 19.1 Å². The van der Waals surface area contributed by atoms with Crippen molar-refractivity contribution in [3.05, 3.63) is 28.4 Å². The van der Waals surface area contributed by atoms with Crippen LogP contribution in [0.25, 0.3) is 11.0 Å². The molecule has 2 aromatic rings. The first kappa shape index (κ1) is 10.0. The lowest BCUT2D eigenvalue weighted by atomic mass is 10.1. The average Bonchev–Trinajstić information content (AvgIpc) is 2.55. The monoisotopic (exact) mass is 270 g/mol. The molecule has 0 aliphatic rings. The normalized spacial score (nSPS) is 10.5. The first-order valence-electron chi connectivity index (χ1n) is 4.13. The first-order chi connectivity index (χ1) is 7.13. The molecule has 0 atom stereocenters. The highest BCUT2D eigenvalue weighted by Gasteiger charge is 2.17. The molecule has 15 heavy (non-hydrogen) atoms. The molecule has 0 aliphatic carbocycles. The molecule has 1 heterocycles. The highest BCUT2D eigenvalue weighted by atomic mass is 79.9. The molecule has 1 aromatic carbocycles. The minimum Gasteiger partial charge on any atom is -0.492 e. The molecule has 1 aromatic heterocycles. The van der Waals surface area contributed by atoms with E-state index in [1.807, 2.05) is 0 Å². The van der Waals surface area contributed by atoms with Gasteiger partial charge in [0.2, 0.25) is 0 Å². The second-order valence-electron chi connectivity index (χ2n) is 2.92. The van der Waals surface area contributed by atoms with Crippen LogP contribution in [0.3, 0.4) is 0 Å². The van der Waals surface area contributed by atoms with Crippen molar-refractivity contribution in [2.45, 2.75) is 0 Å². The zero-order valence-corrected chi connectivity index (χ0v) is 9.37. The Morgan fingerprint density at radius 3 is 2.87 bits per heavy atom. The summed E-state index contributed by atoms with van der Waals surface area (Å²) in [6.45, 7) is 0. The van der Waals surface area contributed by atoms with Crippen molar-refractivity contribution >= 4 is 32.9 Å². The second-order valence-corrected chi connectivity index (χ2v) is 3.70. The van der Waals surface area contributed by atoms with Crippen LogP contribution in [0.15, 0.2) is 27.3 Å². The van der Waals surface area contributed by atoms with E-state index < -0.39 is 5.97 Å². The maximum atomic E-state index is 10.9. The lowest BCUT2D eigenvalue weighted by Crippen LogP contribution is -2.00. The number of hydrogen-bond donors (Lipinski definition) is 1. The Labute approximate surface area is 93.6 Å². The van der Waals surface area contributed by atoms with Crippen LogP contribution >= 0.6 is 15.9 Å². The standard InChI is InChI=1S/C10H7BrO4/c1-14-9-6(10(12)13)3-2-5-4-7(11)15-8(5)9/h2-4H,1H3,(H,12,13). The van der Waals surface area contributed by atoms with E-state index in [1.54, 1.807) is 12.1 Å². The van der Waals surface area contributed by atoms with E-state index in [0.717, 1.165) is 5.39 Å². The lowest BCUT2D eigenvalue weighted by Gasteiger charge is -2.04. The molecule has 0 saturated heterocycles. The Bertz CT molecular complexity index is 529. The molecule has 5 heteroatoms. The Hall–Kier alpha value is -1.49. The van der Waals surface area contributed by atoms with Gasteiger partial charge in [-0.2, -0.15) is 0 Å².